The van der Waals surface area contributed by atoms with Gasteiger partial charge in [0.15, 0.2) is 0 Å². The molecular formula is C16H22N6O4. The summed E-state index contributed by atoms with van der Waals surface area (Å²) in [6, 6.07) is 0.708. The average molecular weight is 362 g/mol. The first-order chi connectivity index (χ1) is 12.2. The zero-order valence-electron chi connectivity index (χ0n) is 14.6. The summed E-state index contributed by atoms with van der Waals surface area (Å²) in [7, 11) is 1.82. The van der Waals surface area contributed by atoms with Gasteiger partial charge in [-0.25, -0.2) is 4.79 Å². The molecule has 0 aliphatic carbocycles. The molecule has 3 atom stereocenters. The monoisotopic (exact) mass is 362 g/mol. The van der Waals surface area contributed by atoms with Crippen molar-refractivity contribution in [1.82, 2.24) is 25.8 Å². The van der Waals surface area contributed by atoms with Gasteiger partial charge in [-0.05, 0) is 24.6 Å². The number of likely N-dealkylation sites (N-methyl/N-ethyl adjacent to an activating group) is 1. The van der Waals surface area contributed by atoms with Gasteiger partial charge >= 0.3 is 11.8 Å². The number of aliphatic hydroxyl groups is 2. The summed E-state index contributed by atoms with van der Waals surface area (Å²) in [5, 5.41) is 36.4. The molecule has 0 radical (unpaired) electrons. The summed E-state index contributed by atoms with van der Waals surface area (Å²) >= 11 is 0. The van der Waals surface area contributed by atoms with Gasteiger partial charge in [0.05, 0.1) is 6.04 Å². The Morgan fingerprint density at radius 1 is 1.50 bits per heavy atom. The van der Waals surface area contributed by atoms with Crippen LogP contribution in [0.5, 0.6) is 0 Å². The molecule has 5 N–H and O–H groups in total. The molecule has 3 rings (SSSR count). The van der Waals surface area contributed by atoms with Gasteiger partial charge in [0, 0.05) is 25.7 Å². The van der Waals surface area contributed by atoms with Crippen LogP contribution in [0, 0.1) is 17.2 Å². The summed E-state index contributed by atoms with van der Waals surface area (Å²) in [6.07, 6.45) is 3.94. The molecule has 0 aromatic heterocycles. The lowest BCUT2D eigenvalue weighted by Crippen LogP contribution is -2.60. The molecule has 1 saturated heterocycles. The Kier molecular flexibility index (Phi) is 4.52. The van der Waals surface area contributed by atoms with Gasteiger partial charge in [-0.1, -0.05) is 6.92 Å². The van der Waals surface area contributed by atoms with Crippen LogP contribution in [0.3, 0.4) is 0 Å². The zero-order valence-corrected chi connectivity index (χ0v) is 14.6. The van der Waals surface area contributed by atoms with Crippen molar-refractivity contribution >= 4 is 11.9 Å². The number of urea groups is 1. The van der Waals surface area contributed by atoms with Gasteiger partial charge in [-0.15, -0.1) is 0 Å². The van der Waals surface area contributed by atoms with E-state index in [0.717, 1.165) is 5.57 Å². The highest BCUT2D eigenvalue weighted by atomic mass is 16.5. The second-order valence-corrected chi connectivity index (χ2v) is 6.81. The van der Waals surface area contributed by atoms with Crippen molar-refractivity contribution < 1.29 is 19.8 Å². The van der Waals surface area contributed by atoms with Gasteiger partial charge in [0.2, 0.25) is 0 Å². The fourth-order valence-electron chi connectivity index (χ4n) is 3.57. The standard InChI is InChI=1S/C16H22N6O4/c1-9-4-6-22(14(23)16(25,26)8-17)7-11(9)21(2)13-10-3-5-18-12(10)19-15(24)20-13/h3,5,9,11-12,18,25-26H,4,6-7H2,1-2H3,(H2,19,20,24). The fourth-order valence-corrected chi connectivity index (χ4v) is 3.57. The van der Waals surface area contributed by atoms with E-state index in [4.69, 9.17) is 5.26 Å². The van der Waals surface area contributed by atoms with E-state index < -0.39 is 11.7 Å². The third-order valence-corrected chi connectivity index (χ3v) is 5.13. The van der Waals surface area contributed by atoms with Crippen molar-refractivity contribution in [2.75, 3.05) is 20.1 Å². The smallest absolute Gasteiger partial charge is 0.336 e. The first-order valence-electron chi connectivity index (χ1n) is 8.37. The highest BCUT2D eigenvalue weighted by Gasteiger charge is 2.42. The summed E-state index contributed by atoms with van der Waals surface area (Å²) < 4.78 is 0. The highest BCUT2D eigenvalue weighted by Crippen LogP contribution is 2.27. The van der Waals surface area contributed by atoms with Crippen LogP contribution < -0.4 is 16.0 Å². The Morgan fingerprint density at radius 3 is 2.92 bits per heavy atom. The molecule has 0 saturated carbocycles. The van der Waals surface area contributed by atoms with Crippen LogP contribution in [-0.4, -0.2) is 70.1 Å². The van der Waals surface area contributed by atoms with Crippen LogP contribution in [0.2, 0.25) is 0 Å². The van der Waals surface area contributed by atoms with Crippen molar-refractivity contribution in [3.63, 3.8) is 0 Å². The molecule has 26 heavy (non-hydrogen) atoms. The van der Waals surface area contributed by atoms with E-state index in [-0.39, 0.29) is 30.7 Å². The number of piperidine rings is 1. The first kappa shape index (κ1) is 18.0. The van der Waals surface area contributed by atoms with E-state index in [1.165, 1.54) is 11.0 Å². The molecule has 3 amide bonds. The SMILES string of the molecule is CC1CCN(C(=O)C(O)(O)C#N)CC1N(C)C1=C2C=CNC2NC(=O)N1. The third-order valence-electron chi connectivity index (χ3n) is 5.13. The second kappa shape index (κ2) is 6.51. The van der Waals surface area contributed by atoms with E-state index >= 15 is 0 Å². The van der Waals surface area contributed by atoms with Crippen molar-refractivity contribution in [2.24, 2.45) is 5.92 Å². The molecular weight excluding hydrogens is 340 g/mol. The number of nitrogens with one attached hydrogen (secondary N) is 3. The normalized spacial score (nSPS) is 27.9. The number of hydrogen-bond donors (Lipinski definition) is 5. The second-order valence-electron chi connectivity index (χ2n) is 6.81. The van der Waals surface area contributed by atoms with Crippen LogP contribution in [0.1, 0.15) is 13.3 Å². The maximum absolute atomic E-state index is 12.2. The van der Waals surface area contributed by atoms with Gasteiger partial charge in [-0.3, -0.25) is 10.1 Å². The molecule has 3 aliphatic heterocycles. The number of carbonyl (C=O) groups is 2. The average Bonchev–Trinajstić information content (AvgIpc) is 3.08. The molecule has 1 fully saturated rings. The maximum atomic E-state index is 12.2. The molecule has 10 nitrogen and oxygen atoms in total. The minimum atomic E-state index is -3.03. The summed E-state index contributed by atoms with van der Waals surface area (Å²) in [5.41, 5.74) is 0.874. The lowest BCUT2D eigenvalue weighted by Gasteiger charge is -2.44. The quantitative estimate of drug-likeness (QED) is 0.298. The lowest BCUT2D eigenvalue weighted by atomic mass is 9.91. The number of nitrogens with zero attached hydrogens (tertiary/aromatic N) is 3. The summed E-state index contributed by atoms with van der Waals surface area (Å²) in [4.78, 5) is 27.3. The lowest BCUT2D eigenvalue weighted by molar-refractivity contribution is -0.179. The Labute approximate surface area is 150 Å². The van der Waals surface area contributed by atoms with E-state index in [9.17, 15) is 19.8 Å². The van der Waals surface area contributed by atoms with Gasteiger partial charge in [0.1, 0.15) is 18.1 Å². The number of rotatable bonds is 3. The molecule has 0 spiro atoms. The molecule has 140 valence electrons. The van der Waals surface area contributed by atoms with Gasteiger partial charge in [0.25, 0.3) is 5.91 Å². The van der Waals surface area contributed by atoms with Crippen molar-refractivity contribution in [3.8, 4) is 6.07 Å². The number of hydrogen-bond acceptors (Lipinski definition) is 7. The minimum Gasteiger partial charge on any atom is -0.367 e. The predicted molar refractivity (Wildman–Crippen MR) is 89.5 cm³/mol. The predicted octanol–water partition coefficient (Wildman–Crippen LogP) is -1.67. The number of fused-ring (bicyclic) bond motifs is 1. The summed E-state index contributed by atoms with van der Waals surface area (Å²) in [6.45, 7) is 2.58. The Hall–Kier alpha value is -2.77. The molecule has 3 heterocycles. The van der Waals surface area contributed by atoms with Gasteiger partial charge in [-0.2, -0.15) is 5.26 Å². The molecule has 0 aromatic carbocycles. The van der Waals surface area contributed by atoms with Gasteiger partial charge < -0.3 is 30.6 Å². The largest absolute Gasteiger partial charge is 0.367 e. The zero-order chi connectivity index (χ0) is 19.1. The Morgan fingerprint density at radius 2 is 2.23 bits per heavy atom. The van der Waals surface area contributed by atoms with Crippen LogP contribution >= 0.6 is 0 Å². The number of likely N-dealkylation sites (tertiary alicyclic amines) is 1. The van der Waals surface area contributed by atoms with Crippen molar-refractivity contribution in [1.29, 1.82) is 5.26 Å². The number of amides is 3. The Balaban J connectivity index is 1.83. The van der Waals surface area contributed by atoms with Crippen molar-refractivity contribution in [3.05, 3.63) is 23.7 Å². The first-order valence-corrected chi connectivity index (χ1v) is 8.37. The highest BCUT2D eigenvalue weighted by molar-refractivity contribution is 5.86. The van der Waals surface area contributed by atoms with Crippen LogP contribution in [0.4, 0.5) is 4.79 Å². The third kappa shape index (κ3) is 3.07. The number of carbonyl (C=O) groups excluding carboxylic acids is 2. The van der Waals surface area contributed by atoms with E-state index in [1.54, 1.807) is 6.20 Å². The van der Waals surface area contributed by atoms with E-state index in [1.807, 2.05) is 24.9 Å². The molecule has 0 aromatic rings. The topological polar surface area (TPSA) is 141 Å². The van der Waals surface area contributed by atoms with Crippen molar-refractivity contribution in [2.45, 2.75) is 31.3 Å². The molecule has 10 heteroatoms. The molecule has 3 aliphatic rings. The molecule has 0 bridgehead atoms. The molecule has 3 unspecified atom stereocenters. The Bertz CT molecular complexity index is 725. The summed E-state index contributed by atoms with van der Waals surface area (Å²) in [5.74, 6) is -3.24. The van der Waals surface area contributed by atoms with Crippen LogP contribution in [0.25, 0.3) is 0 Å². The minimum absolute atomic E-state index is 0.169. The maximum Gasteiger partial charge on any atom is 0.336 e. The van der Waals surface area contributed by atoms with Crippen LogP contribution in [0.15, 0.2) is 23.7 Å². The number of nitriles is 1. The van der Waals surface area contributed by atoms with E-state index in [0.29, 0.717) is 18.8 Å². The fraction of sp³-hybridized carbons (Fsp3) is 0.562. The van der Waals surface area contributed by atoms with Crippen LogP contribution in [-0.2, 0) is 4.79 Å². The van der Waals surface area contributed by atoms with E-state index in [2.05, 4.69) is 16.0 Å².